The molecule has 4 rings (SSSR count). The first-order chi connectivity index (χ1) is 14.7. The average Bonchev–Trinajstić information content (AvgIpc) is 2.99. The fourth-order valence-electron chi connectivity index (χ4n) is 4.11. The minimum absolute atomic E-state index is 0.0391. The van der Waals surface area contributed by atoms with Crippen LogP contribution < -0.4 is 0 Å². The molecule has 1 aliphatic carbocycles. The van der Waals surface area contributed by atoms with Crippen molar-refractivity contribution < 1.29 is 9.72 Å². The molecule has 2 aromatic carbocycles. The molecule has 0 aromatic heterocycles. The molecule has 2 aromatic rings. The van der Waals surface area contributed by atoms with E-state index >= 15 is 0 Å². The maximum Gasteiger partial charge on any atom is 0.288 e. The molecule has 31 heavy (non-hydrogen) atoms. The summed E-state index contributed by atoms with van der Waals surface area (Å²) in [5.74, 6) is -0.449. The SMILES string of the molecule is O=C(c1ccc(Cl)c([N+](=O)[O-])c1)N1C(=S)C(c2ccc(Cl)cc2Cl)=NC12CCCCC2. The first-order valence-corrected chi connectivity index (χ1v) is 11.2. The lowest BCUT2D eigenvalue weighted by molar-refractivity contribution is -0.384. The Balaban J connectivity index is 1.80. The van der Waals surface area contributed by atoms with Crippen LogP contribution in [0.5, 0.6) is 0 Å². The number of nitro groups is 1. The summed E-state index contributed by atoms with van der Waals surface area (Å²) < 4.78 is 0. The van der Waals surface area contributed by atoms with E-state index in [1.165, 1.54) is 23.1 Å². The summed E-state index contributed by atoms with van der Waals surface area (Å²) in [5, 5.41) is 12.1. The van der Waals surface area contributed by atoms with Crippen molar-refractivity contribution in [2.24, 2.45) is 4.99 Å². The lowest BCUT2D eigenvalue weighted by Gasteiger charge is -2.38. The highest BCUT2D eigenvalue weighted by atomic mass is 35.5. The van der Waals surface area contributed by atoms with Gasteiger partial charge in [-0.1, -0.05) is 53.4 Å². The number of benzene rings is 2. The third-order valence-electron chi connectivity index (χ3n) is 5.58. The summed E-state index contributed by atoms with van der Waals surface area (Å²) in [6.07, 6.45) is 4.10. The molecule has 6 nitrogen and oxygen atoms in total. The van der Waals surface area contributed by atoms with Crippen LogP contribution in [0.2, 0.25) is 15.1 Å². The van der Waals surface area contributed by atoms with Crippen molar-refractivity contribution in [3.05, 3.63) is 72.7 Å². The second-order valence-corrected chi connectivity index (χ2v) is 9.13. The molecule has 2 aliphatic rings. The molecular formula is C21H16Cl3N3O3S. The molecule has 10 heteroatoms. The van der Waals surface area contributed by atoms with Gasteiger partial charge in [-0.05, 0) is 56.0 Å². The van der Waals surface area contributed by atoms with Crippen LogP contribution in [0, 0.1) is 10.1 Å². The Labute approximate surface area is 198 Å². The number of nitro benzene ring substituents is 1. The van der Waals surface area contributed by atoms with E-state index in [4.69, 9.17) is 52.0 Å². The van der Waals surface area contributed by atoms with Gasteiger partial charge in [0.2, 0.25) is 0 Å². The van der Waals surface area contributed by atoms with Gasteiger partial charge >= 0.3 is 0 Å². The van der Waals surface area contributed by atoms with E-state index in [9.17, 15) is 14.9 Å². The normalized spacial score (nSPS) is 17.7. The molecule has 1 fully saturated rings. The minimum Gasteiger partial charge on any atom is -0.271 e. The summed E-state index contributed by atoms with van der Waals surface area (Å²) in [7, 11) is 0. The monoisotopic (exact) mass is 495 g/mol. The number of carbonyl (C=O) groups excluding carboxylic acids is 1. The molecule has 1 aliphatic heterocycles. The molecule has 0 atom stereocenters. The molecule has 1 saturated carbocycles. The van der Waals surface area contributed by atoms with E-state index in [0.29, 0.717) is 34.2 Å². The Bertz CT molecular complexity index is 1150. The molecule has 0 saturated heterocycles. The van der Waals surface area contributed by atoms with Crippen LogP contribution in [-0.4, -0.2) is 32.1 Å². The molecule has 0 N–H and O–H groups in total. The van der Waals surface area contributed by atoms with E-state index in [2.05, 4.69) is 0 Å². The van der Waals surface area contributed by atoms with Gasteiger partial charge in [-0.15, -0.1) is 0 Å². The van der Waals surface area contributed by atoms with Crippen molar-refractivity contribution in [1.82, 2.24) is 4.90 Å². The largest absolute Gasteiger partial charge is 0.288 e. The fraction of sp³-hybridized carbons (Fsp3) is 0.286. The molecule has 160 valence electrons. The number of amides is 1. The van der Waals surface area contributed by atoms with Gasteiger partial charge in [0.1, 0.15) is 21.4 Å². The van der Waals surface area contributed by atoms with Crippen molar-refractivity contribution in [3.8, 4) is 0 Å². The van der Waals surface area contributed by atoms with Crippen LogP contribution in [0.1, 0.15) is 48.0 Å². The predicted octanol–water partition coefficient (Wildman–Crippen LogP) is 6.49. The van der Waals surface area contributed by atoms with E-state index in [-0.39, 0.29) is 21.3 Å². The van der Waals surface area contributed by atoms with Crippen LogP contribution in [0.4, 0.5) is 5.69 Å². The van der Waals surface area contributed by atoms with Gasteiger partial charge in [-0.25, -0.2) is 0 Å². The number of carbonyl (C=O) groups is 1. The number of thiocarbonyl (C=S) groups is 1. The highest BCUT2D eigenvalue weighted by Gasteiger charge is 2.49. The van der Waals surface area contributed by atoms with Gasteiger partial charge in [0.15, 0.2) is 0 Å². The maximum absolute atomic E-state index is 13.6. The highest BCUT2D eigenvalue weighted by Crippen LogP contribution is 2.42. The summed E-state index contributed by atoms with van der Waals surface area (Å²) >= 11 is 24.0. The van der Waals surface area contributed by atoms with E-state index < -0.39 is 16.5 Å². The van der Waals surface area contributed by atoms with Gasteiger partial charge in [-0.2, -0.15) is 0 Å². The van der Waals surface area contributed by atoms with Crippen molar-refractivity contribution in [3.63, 3.8) is 0 Å². The lowest BCUT2D eigenvalue weighted by Crippen LogP contribution is -2.50. The number of halogens is 3. The van der Waals surface area contributed by atoms with Crippen molar-refractivity contribution in [2.45, 2.75) is 37.8 Å². The van der Waals surface area contributed by atoms with Gasteiger partial charge in [0.05, 0.1) is 9.95 Å². The summed E-state index contributed by atoms with van der Waals surface area (Å²) in [6.45, 7) is 0. The average molecular weight is 497 g/mol. The van der Waals surface area contributed by atoms with Crippen molar-refractivity contribution in [2.75, 3.05) is 0 Å². The standard InChI is InChI=1S/C21H16Cl3N3O3S/c22-13-5-6-14(16(24)11-13)18-20(31)26(21(25-18)8-2-1-3-9-21)19(28)12-4-7-15(23)17(10-12)27(29)30/h4-7,10-11H,1-3,8-9H2. The number of hydrogen-bond donors (Lipinski definition) is 0. The van der Waals surface area contributed by atoms with Crippen molar-refractivity contribution in [1.29, 1.82) is 0 Å². The number of aliphatic imine (C=N–C) groups is 1. The van der Waals surface area contributed by atoms with E-state index in [0.717, 1.165) is 19.3 Å². The zero-order valence-electron chi connectivity index (χ0n) is 16.1. The van der Waals surface area contributed by atoms with Crippen LogP contribution in [0.3, 0.4) is 0 Å². The van der Waals surface area contributed by atoms with Crippen LogP contribution in [0.25, 0.3) is 0 Å². The van der Waals surface area contributed by atoms with Crippen molar-refractivity contribution >= 4 is 69.3 Å². The number of hydrogen-bond acceptors (Lipinski definition) is 5. The summed E-state index contributed by atoms with van der Waals surface area (Å²) in [6, 6.07) is 9.00. The Kier molecular flexibility index (Phi) is 6.05. The van der Waals surface area contributed by atoms with Crippen LogP contribution in [0.15, 0.2) is 41.4 Å². The predicted molar refractivity (Wildman–Crippen MR) is 126 cm³/mol. The first kappa shape index (κ1) is 22.1. The highest BCUT2D eigenvalue weighted by molar-refractivity contribution is 7.82. The molecule has 1 amide bonds. The molecule has 1 heterocycles. The van der Waals surface area contributed by atoms with Gasteiger partial charge in [0, 0.05) is 22.2 Å². The first-order valence-electron chi connectivity index (χ1n) is 9.62. The Morgan fingerprint density at radius 1 is 1.06 bits per heavy atom. The molecular weight excluding hydrogens is 481 g/mol. The van der Waals surface area contributed by atoms with E-state index in [1.54, 1.807) is 18.2 Å². The lowest BCUT2D eigenvalue weighted by atomic mass is 9.88. The Morgan fingerprint density at radius 3 is 2.42 bits per heavy atom. The van der Waals surface area contributed by atoms with Gasteiger partial charge in [0.25, 0.3) is 11.6 Å². The number of rotatable bonds is 3. The zero-order valence-corrected chi connectivity index (χ0v) is 19.2. The summed E-state index contributed by atoms with van der Waals surface area (Å²) in [4.78, 5) is 30.9. The molecule has 0 radical (unpaired) electrons. The maximum atomic E-state index is 13.6. The van der Waals surface area contributed by atoms with Gasteiger partial charge in [-0.3, -0.25) is 24.8 Å². The van der Waals surface area contributed by atoms with E-state index in [1.807, 2.05) is 0 Å². The van der Waals surface area contributed by atoms with Crippen LogP contribution >= 0.6 is 47.0 Å². The topological polar surface area (TPSA) is 75.8 Å². The quantitative estimate of drug-likeness (QED) is 0.276. The number of nitrogens with zero attached hydrogens (tertiary/aromatic N) is 3. The fourth-order valence-corrected chi connectivity index (χ4v) is 5.20. The van der Waals surface area contributed by atoms with Gasteiger partial charge < -0.3 is 0 Å². The smallest absolute Gasteiger partial charge is 0.271 e. The third-order valence-corrected chi connectivity index (χ3v) is 6.82. The van der Waals surface area contributed by atoms with Crippen LogP contribution in [-0.2, 0) is 0 Å². The third kappa shape index (κ3) is 3.96. The molecule has 0 unspecified atom stereocenters. The second-order valence-electron chi connectivity index (χ2n) is 7.50. The summed E-state index contributed by atoms with van der Waals surface area (Å²) in [5.41, 5.74) is 0.00659. The Morgan fingerprint density at radius 2 is 1.77 bits per heavy atom. The Hall–Kier alpha value is -2.06. The molecule has 1 spiro atoms. The zero-order chi connectivity index (χ0) is 22.3. The minimum atomic E-state index is -0.834. The second kappa shape index (κ2) is 8.47. The molecule has 0 bridgehead atoms.